The smallest absolute Gasteiger partial charge is 0.257 e. The van der Waals surface area contributed by atoms with Gasteiger partial charge in [0.25, 0.3) is 5.91 Å². The Bertz CT molecular complexity index is 531. The molecule has 0 spiro atoms. The van der Waals surface area contributed by atoms with E-state index in [0.717, 1.165) is 25.8 Å². The minimum absolute atomic E-state index is 0.0702. The van der Waals surface area contributed by atoms with Gasteiger partial charge >= 0.3 is 0 Å². The summed E-state index contributed by atoms with van der Waals surface area (Å²) in [6.07, 6.45) is 8.94. The van der Waals surface area contributed by atoms with E-state index in [9.17, 15) is 4.79 Å². The minimum atomic E-state index is -0.0702. The van der Waals surface area contributed by atoms with Gasteiger partial charge in [0.1, 0.15) is 0 Å². The quantitative estimate of drug-likeness (QED) is 0.464. The van der Waals surface area contributed by atoms with Gasteiger partial charge in [-0.25, -0.2) is 0 Å². The first kappa shape index (κ1) is 17.1. The van der Waals surface area contributed by atoms with Crippen molar-refractivity contribution in [3.05, 3.63) is 47.4 Å². The summed E-state index contributed by atoms with van der Waals surface area (Å²) in [7, 11) is 2.10. The van der Waals surface area contributed by atoms with Gasteiger partial charge in [-0.1, -0.05) is 17.7 Å². The molecule has 0 aromatic heterocycles. The third-order valence-corrected chi connectivity index (χ3v) is 4.90. The number of hydrogen-bond donors (Lipinski definition) is 2. The van der Waals surface area contributed by atoms with Crippen LogP contribution in [0.25, 0.3) is 0 Å². The average molecular weight is 318 g/mol. The number of amides is 1. The number of nitrogens with one attached hydrogen (secondary N) is 1. The van der Waals surface area contributed by atoms with Crippen molar-refractivity contribution in [3.8, 4) is 0 Å². The highest BCUT2D eigenvalue weighted by Gasteiger charge is 2.27. The number of rotatable bonds is 5. The molecule has 3 nitrogen and oxygen atoms in total. The monoisotopic (exact) mass is 318 g/mol. The molecule has 2 atom stereocenters. The highest BCUT2D eigenvalue weighted by molar-refractivity contribution is 7.85. The average Bonchev–Trinajstić information content (AvgIpc) is 3.31. The maximum atomic E-state index is 12.1. The Hall–Kier alpha value is -1.26. The summed E-state index contributed by atoms with van der Waals surface area (Å²) in [6.45, 7) is 11.0. The lowest BCUT2D eigenvalue weighted by Gasteiger charge is -2.28. The van der Waals surface area contributed by atoms with E-state index >= 15 is 0 Å². The van der Waals surface area contributed by atoms with Crippen LogP contribution in [0, 0.1) is 5.92 Å². The van der Waals surface area contributed by atoms with E-state index in [1.807, 2.05) is 18.2 Å². The second kappa shape index (κ2) is 7.34. The van der Waals surface area contributed by atoms with Crippen molar-refractivity contribution in [2.45, 2.75) is 38.3 Å². The summed E-state index contributed by atoms with van der Waals surface area (Å²) in [5.74, 6) is 0.142. The second-order valence-electron chi connectivity index (χ2n) is 6.20. The van der Waals surface area contributed by atoms with Gasteiger partial charge in [0, 0.05) is 24.5 Å². The molecule has 1 aliphatic heterocycles. The Balaban J connectivity index is 2.24. The predicted octanol–water partition coefficient (Wildman–Crippen LogP) is 3.09. The first-order valence-electron chi connectivity index (χ1n) is 7.84. The number of carbonyl (C=O) groups is 1. The fourth-order valence-electron chi connectivity index (χ4n) is 2.93. The lowest BCUT2D eigenvalue weighted by atomic mass is 9.89. The topological polar surface area (TPSA) is 32.3 Å². The van der Waals surface area contributed by atoms with Crippen molar-refractivity contribution in [2.75, 3.05) is 13.6 Å². The summed E-state index contributed by atoms with van der Waals surface area (Å²) in [5.41, 5.74) is 2.42. The van der Waals surface area contributed by atoms with Crippen LogP contribution < -0.4 is 5.32 Å². The number of hydrogen-bond acceptors (Lipinski definition) is 3. The van der Waals surface area contributed by atoms with Gasteiger partial charge in [0.15, 0.2) is 0 Å². The summed E-state index contributed by atoms with van der Waals surface area (Å²) >= 11 is 4.40. The van der Waals surface area contributed by atoms with Crippen LogP contribution >= 0.6 is 12.6 Å². The fourth-order valence-corrected chi connectivity index (χ4v) is 3.15. The molecule has 1 heterocycles. The van der Waals surface area contributed by atoms with Crippen LogP contribution in [0.15, 0.2) is 47.4 Å². The van der Waals surface area contributed by atoms with Crippen LogP contribution in [-0.4, -0.2) is 36.5 Å². The molecule has 1 fully saturated rings. The van der Waals surface area contributed by atoms with Crippen LogP contribution in [0.3, 0.4) is 0 Å². The number of nitrogens with zero attached hydrogens (tertiary/aromatic N) is 1. The molecule has 1 aliphatic carbocycles. The van der Waals surface area contributed by atoms with Crippen LogP contribution in [0.1, 0.15) is 26.2 Å². The van der Waals surface area contributed by atoms with Crippen molar-refractivity contribution >= 4 is 18.5 Å². The van der Waals surface area contributed by atoms with E-state index in [1.54, 1.807) is 0 Å². The zero-order chi connectivity index (χ0) is 16.3. The van der Waals surface area contributed by atoms with E-state index in [2.05, 4.69) is 50.0 Å². The highest BCUT2D eigenvalue weighted by Crippen LogP contribution is 2.30. The third-order valence-electron chi connectivity index (χ3n) is 4.57. The van der Waals surface area contributed by atoms with Crippen molar-refractivity contribution in [1.29, 1.82) is 0 Å². The lowest BCUT2D eigenvalue weighted by molar-refractivity contribution is -0.116. The minimum Gasteiger partial charge on any atom is -0.349 e. The van der Waals surface area contributed by atoms with Gasteiger partial charge in [-0.05, 0) is 44.9 Å². The molecule has 0 radical (unpaired) electrons. The van der Waals surface area contributed by atoms with Gasteiger partial charge in [0.05, 0.1) is 4.91 Å². The molecule has 1 saturated carbocycles. The maximum absolute atomic E-state index is 12.1. The molecule has 0 bridgehead atoms. The lowest BCUT2D eigenvalue weighted by Crippen LogP contribution is -2.35. The van der Waals surface area contributed by atoms with Gasteiger partial charge in [-0.2, -0.15) is 0 Å². The summed E-state index contributed by atoms with van der Waals surface area (Å²) in [5, 5.41) is 2.97. The van der Waals surface area contributed by atoms with E-state index < -0.39 is 0 Å². The normalized spacial score (nSPS) is 27.3. The predicted molar refractivity (Wildman–Crippen MR) is 95.9 cm³/mol. The first-order chi connectivity index (χ1) is 10.5. The summed E-state index contributed by atoms with van der Waals surface area (Å²) < 4.78 is 0. The molecule has 0 aromatic carbocycles. The largest absolute Gasteiger partial charge is 0.349 e. The molecule has 0 aromatic rings. The molecule has 120 valence electrons. The Labute approximate surface area is 139 Å². The zero-order valence-electron chi connectivity index (χ0n) is 13.5. The van der Waals surface area contributed by atoms with Crippen LogP contribution in [-0.2, 0) is 4.79 Å². The SMILES string of the molecule is C=CC1C(C)=C(/C=C(\S)C(=O)NC2CC2)CCN(C)C1C=C. The van der Waals surface area contributed by atoms with Crippen molar-refractivity contribution in [3.63, 3.8) is 0 Å². The zero-order valence-corrected chi connectivity index (χ0v) is 14.4. The Kier molecular flexibility index (Phi) is 5.70. The Morgan fingerprint density at radius 2 is 2.05 bits per heavy atom. The molecule has 0 saturated heterocycles. The van der Waals surface area contributed by atoms with Crippen LogP contribution in [0.5, 0.6) is 0 Å². The molecular weight excluding hydrogens is 292 g/mol. The van der Waals surface area contributed by atoms with Gasteiger partial charge in [0.2, 0.25) is 0 Å². The molecule has 2 unspecified atom stereocenters. The number of likely N-dealkylation sites (N-methyl/N-ethyl adjacent to an activating group) is 1. The molecule has 1 N–H and O–H groups in total. The first-order valence-corrected chi connectivity index (χ1v) is 8.29. The summed E-state index contributed by atoms with van der Waals surface area (Å²) in [4.78, 5) is 14.8. The van der Waals surface area contributed by atoms with E-state index in [-0.39, 0.29) is 17.9 Å². The van der Waals surface area contributed by atoms with Crippen molar-refractivity contribution < 1.29 is 4.79 Å². The summed E-state index contributed by atoms with van der Waals surface area (Å²) in [6, 6.07) is 0.594. The van der Waals surface area contributed by atoms with E-state index in [1.165, 1.54) is 11.1 Å². The van der Waals surface area contributed by atoms with Crippen LogP contribution in [0.4, 0.5) is 0 Å². The third kappa shape index (κ3) is 3.93. The fraction of sp³-hybridized carbons (Fsp3) is 0.500. The molecule has 22 heavy (non-hydrogen) atoms. The second-order valence-corrected chi connectivity index (χ2v) is 6.69. The number of carbonyl (C=O) groups excluding carboxylic acids is 1. The molecular formula is C18H26N2OS. The molecule has 2 rings (SSSR count). The maximum Gasteiger partial charge on any atom is 0.257 e. The van der Waals surface area contributed by atoms with Crippen molar-refractivity contribution in [2.24, 2.45) is 5.92 Å². The number of allylic oxidation sites excluding steroid dienone is 1. The van der Waals surface area contributed by atoms with Gasteiger partial charge in [-0.15, -0.1) is 25.8 Å². The Morgan fingerprint density at radius 1 is 1.36 bits per heavy atom. The van der Waals surface area contributed by atoms with Crippen LogP contribution in [0.2, 0.25) is 0 Å². The van der Waals surface area contributed by atoms with Gasteiger partial charge in [-0.3, -0.25) is 9.69 Å². The highest BCUT2D eigenvalue weighted by atomic mass is 32.1. The van der Waals surface area contributed by atoms with Gasteiger partial charge < -0.3 is 5.32 Å². The molecule has 2 aliphatic rings. The van der Waals surface area contributed by atoms with Crippen molar-refractivity contribution in [1.82, 2.24) is 10.2 Å². The number of thiol groups is 1. The van der Waals surface area contributed by atoms with E-state index in [4.69, 9.17) is 0 Å². The molecule has 1 amide bonds. The Morgan fingerprint density at radius 3 is 2.59 bits per heavy atom. The molecule has 4 heteroatoms. The van der Waals surface area contributed by atoms with E-state index in [0.29, 0.717) is 10.9 Å². The standard InChI is InChI=1S/C18H26N2OS/c1-5-15-12(3)13(9-10-20(4)16(15)6-2)11-17(22)18(21)19-14-7-8-14/h5-6,11,14-16,22H,1-2,7-10H2,3-4H3,(H,19,21)/b17-11-.